The van der Waals surface area contributed by atoms with E-state index >= 15 is 0 Å². The molecule has 0 saturated carbocycles. The van der Waals surface area contributed by atoms with Crippen molar-refractivity contribution < 1.29 is 8.76 Å². The van der Waals surface area contributed by atoms with Crippen LogP contribution in [0.15, 0.2) is 40.8 Å². The van der Waals surface area contributed by atoms with Crippen molar-refractivity contribution in [2.45, 2.75) is 53.9 Å². The summed E-state index contributed by atoms with van der Waals surface area (Å²) in [4.78, 5) is 25.5. The van der Waals surface area contributed by atoms with Gasteiger partial charge in [0.2, 0.25) is 0 Å². The summed E-state index contributed by atoms with van der Waals surface area (Å²) in [7, 11) is 0. The van der Waals surface area contributed by atoms with Crippen molar-refractivity contribution in [3.8, 4) is 11.4 Å². The molecule has 37 heavy (non-hydrogen) atoms. The third kappa shape index (κ3) is 5.83. The molecule has 1 N–H and O–H groups in total. The SMILES string of the molecule is CCN(CC(C)C)c1ccc(N=C2C(CS(=O)O)=Nn3c2nc(C(C)(C)C)c3-c2cnc(C)cn2)nc1. The van der Waals surface area contributed by atoms with E-state index in [1.165, 1.54) is 0 Å². The molecule has 0 saturated heterocycles. The Morgan fingerprint density at radius 2 is 1.89 bits per heavy atom. The first-order valence-corrected chi connectivity index (χ1v) is 13.6. The molecule has 11 heteroatoms. The van der Waals surface area contributed by atoms with Crippen LogP contribution in [0.3, 0.4) is 0 Å². The standard InChI is InChI=1S/C26H34N8O2S/c1-8-33(14-16(2)3)18-9-10-21(29-12-18)30-22-20(15-37(35)36)32-34-23(19-13-27-17(4)11-28-19)24(26(5,6)7)31-25(22)34/h9-13,16H,8,14-15H2,1-7H3,(H,35,36). The van der Waals surface area contributed by atoms with E-state index in [4.69, 9.17) is 9.98 Å². The topological polar surface area (TPSA) is 122 Å². The second-order valence-corrected chi connectivity index (χ2v) is 11.4. The van der Waals surface area contributed by atoms with E-state index in [-0.39, 0.29) is 11.2 Å². The number of hydrogen-bond acceptors (Lipinski definition) is 8. The largest absolute Gasteiger partial charge is 0.370 e. The van der Waals surface area contributed by atoms with Gasteiger partial charge in [-0.1, -0.05) is 34.6 Å². The summed E-state index contributed by atoms with van der Waals surface area (Å²) < 4.78 is 23.1. The molecule has 0 radical (unpaired) electrons. The lowest BCUT2D eigenvalue weighted by atomic mass is 9.90. The van der Waals surface area contributed by atoms with Crippen LogP contribution in [0.5, 0.6) is 0 Å². The Labute approximate surface area is 220 Å². The van der Waals surface area contributed by atoms with Crippen LogP contribution in [-0.2, 0) is 16.5 Å². The number of pyridine rings is 1. The third-order valence-electron chi connectivity index (χ3n) is 5.85. The maximum absolute atomic E-state index is 11.8. The number of aromatic nitrogens is 5. The normalized spacial score (nSPS) is 15.3. The average Bonchev–Trinajstić information content (AvgIpc) is 3.35. The molecular formula is C26H34N8O2S. The average molecular weight is 523 g/mol. The Bertz CT molecular complexity index is 1350. The summed E-state index contributed by atoms with van der Waals surface area (Å²) in [6, 6.07) is 3.84. The van der Waals surface area contributed by atoms with E-state index < -0.39 is 11.1 Å². The Morgan fingerprint density at radius 3 is 2.43 bits per heavy atom. The number of nitrogens with zero attached hydrogens (tertiary/aromatic N) is 8. The van der Waals surface area contributed by atoms with Gasteiger partial charge < -0.3 is 9.45 Å². The number of imidazole rings is 1. The van der Waals surface area contributed by atoms with Crippen LogP contribution in [0.4, 0.5) is 11.5 Å². The first-order chi connectivity index (χ1) is 17.5. The molecule has 3 aromatic rings. The molecule has 0 amide bonds. The maximum Gasteiger partial charge on any atom is 0.182 e. The number of fused-ring (bicyclic) bond motifs is 1. The van der Waals surface area contributed by atoms with Crippen LogP contribution >= 0.6 is 0 Å². The third-order valence-corrected chi connectivity index (χ3v) is 6.37. The maximum atomic E-state index is 11.8. The monoisotopic (exact) mass is 522 g/mol. The number of hydrogen-bond donors (Lipinski definition) is 1. The first-order valence-electron chi connectivity index (χ1n) is 12.4. The molecule has 1 atom stereocenters. The Balaban J connectivity index is 1.82. The highest BCUT2D eigenvalue weighted by Crippen LogP contribution is 2.35. The number of aliphatic imine (C=N–C) groups is 1. The molecule has 0 fully saturated rings. The van der Waals surface area contributed by atoms with Gasteiger partial charge in [-0.15, -0.1) is 0 Å². The van der Waals surface area contributed by atoms with Gasteiger partial charge in [0.05, 0.1) is 35.2 Å². The first kappa shape index (κ1) is 26.7. The minimum atomic E-state index is -2.11. The molecule has 4 rings (SSSR count). The zero-order valence-corrected chi connectivity index (χ0v) is 23.2. The van der Waals surface area contributed by atoms with Gasteiger partial charge in [0.15, 0.2) is 22.7 Å². The quantitative estimate of drug-likeness (QED) is 0.436. The highest BCUT2D eigenvalue weighted by Gasteiger charge is 2.35. The van der Waals surface area contributed by atoms with Crippen molar-refractivity contribution in [2.75, 3.05) is 23.7 Å². The van der Waals surface area contributed by atoms with Crippen molar-refractivity contribution in [1.82, 2.24) is 24.6 Å². The van der Waals surface area contributed by atoms with E-state index in [1.807, 2.05) is 25.3 Å². The van der Waals surface area contributed by atoms with Crippen molar-refractivity contribution in [3.05, 3.63) is 47.9 Å². The lowest BCUT2D eigenvalue weighted by molar-refractivity contribution is 0.568. The van der Waals surface area contributed by atoms with Gasteiger partial charge in [-0.2, -0.15) is 5.10 Å². The van der Waals surface area contributed by atoms with Crippen molar-refractivity contribution in [3.63, 3.8) is 0 Å². The molecule has 3 aromatic heterocycles. The van der Waals surface area contributed by atoms with Gasteiger partial charge >= 0.3 is 0 Å². The van der Waals surface area contributed by atoms with E-state index in [0.717, 1.165) is 30.2 Å². The molecule has 1 aliphatic rings. The molecule has 10 nitrogen and oxygen atoms in total. The predicted molar refractivity (Wildman–Crippen MR) is 148 cm³/mol. The minimum absolute atomic E-state index is 0.178. The van der Waals surface area contributed by atoms with Crippen molar-refractivity contribution >= 4 is 34.0 Å². The van der Waals surface area contributed by atoms with E-state index in [2.05, 4.69) is 66.5 Å². The lowest BCUT2D eigenvalue weighted by Gasteiger charge is -2.24. The summed E-state index contributed by atoms with van der Waals surface area (Å²) in [5, 5.41) is 4.68. The van der Waals surface area contributed by atoms with Gasteiger partial charge in [-0.25, -0.2) is 23.8 Å². The second kappa shape index (κ2) is 10.6. The highest BCUT2D eigenvalue weighted by atomic mass is 32.2. The van der Waals surface area contributed by atoms with Crippen molar-refractivity contribution in [2.24, 2.45) is 16.0 Å². The number of rotatable bonds is 8. The molecule has 1 unspecified atom stereocenters. The number of aryl methyl sites for hydroxylation is 1. The molecule has 0 aromatic carbocycles. The van der Waals surface area contributed by atoms with E-state index in [9.17, 15) is 8.76 Å². The fraction of sp³-hybridized carbons (Fsp3) is 0.462. The van der Waals surface area contributed by atoms with Gasteiger partial charge in [0.1, 0.15) is 22.8 Å². The van der Waals surface area contributed by atoms with E-state index in [0.29, 0.717) is 40.4 Å². The summed E-state index contributed by atoms with van der Waals surface area (Å²) in [6.45, 7) is 16.4. The van der Waals surface area contributed by atoms with Crippen LogP contribution in [0.1, 0.15) is 58.8 Å². The van der Waals surface area contributed by atoms with Crippen LogP contribution in [-0.4, -0.2) is 63.6 Å². The fourth-order valence-corrected chi connectivity index (χ4v) is 4.59. The van der Waals surface area contributed by atoms with Crippen LogP contribution in [0.2, 0.25) is 0 Å². The zero-order chi connectivity index (χ0) is 26.9. The minimum Gasteiger partial charge on any atom is -0.370 e. The van der Waals surface area contributed by atoms with Gasteiger partial charge in [-0.3, -0.25) is 9.97 Å². The van der Waals surface area contributed by atoms with E-state index in [1.54, 1.807) is 17.1 Å². The smallest absolute Gasteiger partial charge is 0.182 e. The summed E-state index contributed by atoms with van der Waals surface area (Å²) in [6.07, 6.45) is 5.20. The molecular weight excluding hydrogens is 488 g/mol. The van der Waals surface area contributed by atoms with Gasteiger partial charge in [0, 0.05) is 24.7 Å². The van der Waals surface area contributed by atoms with Gasteiger partial charge in [0.25, 0.3) is 0 Å². The van der Waals surface area contributed by atoms with Crippen LogP contribution in [0, 0.1) is 12.8 Å². The highest BCUT2D eigenvalue weighted by molar-refractivity contribution is 7.80. The Morgan fingerprint density at radius 1 is 1.14 bits per heavy atom. The molecule has 196 valence electrons. The molecule has 4 heterocycles. The molecule has 0 aliphatic carbocycles. The van der Waals surface area contributed by atoms with Gasteiger partial charge in [-0.05, 0) is 31.9 Å². The molecule has 0 spiro atoms. The Kier molecular flexibility index (Phi) is 7.65. The van der Waals surface area contributed by atoms with Crippen molar-refractivity contribution in [1.29, 1.82) is 0 Å². The fourth-order valence-electron chi connectivity index (χ4n) is 4.16. The van der Waals surface area contributed by atoms with Crippen LogP contribution in [0.25, 0.3) is 11.4 Å². The lowest BCUT2D eigenvalue weighted by Crippen LogP contribution is -2.27. The zero-order valence-electron chi connectivity index (χ0n) is 22.4. The summed E-state index contributed by atoms with van der Waals surface area (Å²) >= 11 is -2.11. The number of anilines is 1. The summed E-state index contributed by atoms with van der Waals surface area (Å²) in [5.74, 6) is 1.31. The second-order valence-electron chi connectivity index (χ2n) is 10.5. The van der Waals surface area contributed by atoms with Crippen LogP contribution < -0.4 is 4.90 Å². The Hall–Kier alpha value is -3.31. The predicted octanol–water partition coefficient (Wildman–Crippen LogP) is 4.38. The molecule has 0 bridgehead atoms. The summed E-state index contributed by atoms with van der Waals surface area (Å²) in [5.41, 5.74) is 4.40. The molecule has 1 aliphatic heterocycles.